The van der Waals surface area contributed by atoms with Gasteiger partial charge in [-0.3, -0.25) is 4.79 Å². The zero-order valence-corrected chi connectivity index (χ0v) is 11.1. The number of benzene rings is 1. The molecule has 1 fully saturated rings. The Bertz CT molecular complexity index is 419. The molecule has 2 rings (SSSR count). The Morgan fingerprint density at radius 3 is 2.95 bits per heavy atom. The third kappa shape index (κ3) is 4.22. The number of carbonyl (C=O) groups is 1. The standard InChI is InChI=1S/C14H20N2O3/c1-18-5-6-19-13-4-2-3-12(7-13)14(17)16-10-11-8-15-9-11/h2-4,7,11,15H,5-6,8-10H2,1H3,(H,16,17). The molecule has 0 radical (unpaired) electrons. The fraction of sp³-hybridized carbons (Fsp3) is 0.500. The summed E-state index contributed by atoms with van der Waals surface area (Å²) in [6, 6.07) is 7.20. The Hall–Kier alpha value is -1.59. The number of ether oxygens (including phenoxy) is 2. The molecule has 0 saturated carbocycles. The zero-order valence-electron chi connectivity index (χ0n) is 11.1. The molecular weight excluding hydrogens is 244 g/mol. The van der Waals surface area contributed by atoms with E-state index in [2.05, 4.69) is 10.6 Å². The molecule has 2 N–H and O–H groups in total. The maximum atomic E-state index is 12.0. The van der Waals surface area contributed by atoms with Crippen LogP contribution in [0.3, 0.4) is 0 Å². The number of amides is 1. The Morgan fingerprint density at radius 2 is 2.26 bits per heavy atom. The van der Waals surface area contributed by atoms with E-state index in [0.717, 1.165) is 19.6 Å². The van der Waals surface area contributed by atoms with E-state index in [-0.39, 0.29) is 5.91 Å². The van der Waals surface area contributed by atoms with Crippen LogP contribution in [0.25, 0.3) is 0 Å². The maximum Gasteiger partial charge on any atom is 0.251 e. The molecule has 1 aliphatic rings. The molecule has 5 heteroatoms. The van der Waals surface area contributed by atoms with E-state index < -0.39 is 0 Å². The first-order chi connectivity index (χ1) is 9.29. The highest BCUT2D eigenvalue weighted by atomic mass is 16.5. The van der Waals surface area contributed by atoms with Gasteiger partial charge in [0.15, 0.2) is 0 Å². The van der Waals surface area contributed by atoms with Gasteiger partial charge in [-0.2, -0.15) is 0 Å². The van der Waals surface area contributed by atoms with Crippen LogP contribution in [0.15, 0.2) is 24.3 Å². The molecule has 1 aliphatic heterocycles. The third-order valence-electron chi connectivity index (χ3n) is 3.07. The number of nitrogens with one attached hydrogen (secondary N) is 2. The molecule has 1 amide bonds. The second-order valence-corrected chi connectivity index (χ2v) is 4.60. The molecule has 1 aromatic rings. The summed E-state index contributed by atoms with van der Waals surface area (Å²) in [5.41, 5.74) is 0.627. The van der Waals surface area contributed by atoms with E-state index in [0.29, 0.717) is 30.4 Å². The fourth-order valence-electron chi connectivity index (χ4n) is 1.80. The van der Waals surface area contributed by atoms with Gasteiger partial charge in [0.1, 0.15) is 12.4 Å². The summed E-state index contributed by atoms with van der Waals surface area (Å²) in [6.07, 6.45) is 0. The average Bonchev–Trinajstić information content (AvgIpc) is 2.37. The molecule has 1 heterocycles. The van der Waals surface area contributed by atoms with Crippen molar-refractivity contribution in [3.05, 3.63) is 29.8 Å². The fourth-order valence-corrected chi connectivity index (χ4v) is 1.80. The van der Waals surface area contributed by atoms with Gasteiger partial charge in [0.2, 0.25) is 0 Å². The highest BCUT2D eigenvalue weighted by Crippen LogP contribution is 2.13. The van der Waals surface area contributed by atoms with E-state index in [4.69, 9.17) is 9.47 Å². The third-order valence-corrected chi connectivity index (χ3v) is 3.07. The van der Waals surface area contributed by atoms with Crippen LogP contribution < -0.4 is 15.4 Å². The van der Waals surface area contributed by atoms with Crippen molar-refractivity contribution in [2.75, 3.05) is 40.0 Å². The molecule has 1 saturated heterocycles. The molecule has 1 aromatic carbocycles. The number of hydrogen-bond acceptors (Lipinski definition) is 4. The minimum Gasteiger partial charge on any atom is -0.491 e. The van der Waals surface area contributed by atoms with Crippen molar-refractivity contribution in [1.82, 2.24) is 10.6 Å². The van der Waals surface area contributed by atoms with Crippen molar-refractivity contribution in [3.63, 3.8) is 0 Å². The molecule has 0 unspecified atom stereocenters. The van der Waals surface area contributed by atoms with Crippen molar-refractivity contribution in [1.29, 1.82) is 0 Å². The van der Waals surface area contributed by atoms with Crippen molar-refractivity contribution >= 4 is 5.91 Å². The number of carbonyl (C=O) groups excluding carboxylic acids is 1. The van der Waals surface area contributed by atoms with Gasteiger partial charge in [0.05, 0.1) is 6.61 Å². The van der Waals surface area contributed by atoms with Crippen LogP contribution in [0.1, 0.15) is 10.4 Å². The minimum atomic E-state index is -0.0518. The Kier molecular flexibility index (Phi) is 5.18. The topological polar surface area (TPSA) is 59.6 Å². The number of hydrogen-bond donors (Lipinski definition) is 2. The lowest BCUT2D eigenvalue weighted by Gasteiger charge is -2.27. The van der Waals surface area contributed by atoms with Gasteiger partial charge in [-0.05, 0) is 18.2 Å². The van der Waals surface area contributed by atoms with Crippen molar-refractivity contribution in [3.8, 4) is 5.75 Å². The smallest absolute Gasteiger partial charge is 0.251 e. The van der Waals surface area contributed by atoms with Gasteiger partial charge in [-0.1, -0.05) is 6.07 Å². The minimum absolute atomic E-state index is 0.0518. The summed E-state index contributed by atoms with van der Waals surface area (Å²) < 4.78 is 10.4. The van der Waals surface area contributed by atoms with Crippen LogP contribution in [0.2, 0.25) is 0 Å². The molecule has 0 bridgehead atoms. The molecule has 0 aliphatic carbocycles. The average molecular weight is 264 g/mol. The highest BCUT2D eigenvalue weighted by molar-refractivity contribution is 5.94. The lowest BCUT2D eigenvalue weighted by molar-refractivity contribution is 0.0941. The summed E-state index contributed by atoms with van der Waals surface area (Å²) in [4.78, 5) is 12.0. The van der Waals surface area contributed by atoms with E-state index in [1.165, 1.54) is 0 Å². The second-order valence-electron chi connectivity index (χ2n) is 4.60. The molecule has 0 atom stereocenters. The molecular formula is C14H20N2O3. The van der Waals surface area contributed by atoms with Crippen molar-refractivity contribution < 1.29 is 14.3 Å². The van der Waals surface area contributed by atoms with Gasteiger partial charge in [-0.25, -0.2) is 0 Å². The van der Waals surface area contributed by atoms with E-state index in [1.54, 1.807) is 19.2 Å². The van der Waals surface area contributed by atoms with Crippen LogP contribution in [-0.2, 0) is 4.74 Å². The highest BCUT2D eigenvalue weighted by Gasteiger charge is 2.17. The summed E-state index contributed by atoms with van der Waals surface area (Å²) in [6.45, 7) is 3.71. The maximum absolute atomic E-state index is 12.0. The normalized spacial score (nSPS) is 14.8. The summed E-state index contributed by atoms with van der Waals surface area (Å²) in [5, 5.41) is 6.12. The van der Waals surface area contributed by atoms with Crippen molar-refractivity contribution in [2.45, 2.75) is 0 Å². The monoisotopic (exact) mass is 264 g/mol. The SMILES string of the molecule is COCCOc1cccc(C(=O)NCC2CNC2)c1. The Labute approximate surface area is 113 Å². The van der Waals surface area contributed by atoms with Gasteiger partial charge in [0.25, 0.3) is 5.91 Å². The zero-order chi connectivity index (χ0) is 13.5. The van der Waals surface area contributed by atoms with E-state index in [9.17, 15) is 4.79 Å². The van der Waals surface area contributed by atoms with Crippen LogP contribution in [0.5, 0.6) is 5.75 Å². The van der Waals surface area contributed by atoms with Gasteiger partial charge >= 0.3 is 0 Å². The molecule has 104 valence electrons. The predicted molar refractivity (Wildman–Crippen MR) is 72.5 cm³/mol. The van der Waals surface area contributed by atoms with Crippen LogP contribution in [0, 0.1) is 5.92 Å². The number of methoxy groups -OCH3 is 1. The lowest BCUT2D eigenvalue weighted by atomic mass is 10.0. The van der Waals surface area contributed by atoms with E-state index in [1.807, 2.05) is 12.1 Å². The quantitative estimate of drug-likeness (QED) is 0.710. The van der Waals surface area contributed by atoms with Crippen LogP contribution >= 0.6 is 0 Å². The first-order valence-corrected chi connectivity index (χ1v) is 6.50. The summed E-state index contributed by atoms with van der Waals surface area (Å²) in [7, 11) is 1.63. The van der Waals surface area contributed by atoms with Gasteiger partial charge in [0, 0.05) is 38.2 Å². The molecule has 0 spiro atoms. The second kappa shape index (κ2) is 7.11. The van der Waals surface area contributed by atoms with Crippen LogP contribution in [0.4, 0.5) is 0 Å². The van der Waals surface area contributed by atoms with Crippen LogP contribution in [-0.4, -0.2) is 45.9 Å². The molecule has 5 nitrogen and oxygen atoms in total. The molecule has 0 aromatic heterocycles. The first kappa shape index (κ1) is 13.8. The number of rotatable bonds is 7. The molecule has 19 heavy (non-hydrogen) atoms. The summed E-state index contributed by atoms with van der Waals surface area (Å²) in [5.74, 6) is 1.20. The first-order valence-electron chi connectivity index (χ1n) is 6.50. The van der Waals surface area contributed by atoms with Crippen molar-refractivity contribution in [2.24, 2.45) is 5.92 Å². The largest absolute Gasteiger partial charge is 0.491 e. The predicted octanol–water partition coefficient (Wildman–Crippen LogP) is 0.661. The Balaban J connectivity index is 1.83. The summed E-state index contributed by atoms with van der Waals surface area (Å²) >= 11 is 0. The Morgan fingerprint density at radius 1 is 1.42 bits per heavy atom. The van der Waals surface area contributed by atoms with Gasteiger partial charge < -0.3 is 20.1 Å². The van der Waals surface area contributed by atoms with E-state index >= 15 is 0 Å². The lowest BCUT2D eigenvalue weighted by Crippen LogP contribution is -2.48. The van der Waals surface area contributed by atoms with Gasteiger partial charge in [-0.15, -0.1) is 0 Å².